The molecule has 0 aromatic heterocycles. The van der Waals surface area contributed by atoms with E-state index in [0.717, 1.165) is 5.57 Å². The van der Waals surface area contributed by atoms with Crippen LogP contribution in [0.25, 0.3) is 0 Å². The lowest BCUT2D eigenvalue weighted by Gasteiger charge is -2.44. The maximum absolute atomic E-state index is 11.5. The number of methoxy groups -OCH3 is 1. The molecule has 0 saturated heterocycles. The van der Waals surface area contributed by atoms with Crippen LogP contribution < -0.4 is 10.4 Å². The van der Waals surface area contributed by atoms with E-state index in [1.807, 2.05) is 39.0 Å². The maximum Gasteiger partial charge on any atom is 0.309 e. The van der Waals surface area contributed by atoms with Crippen molar-refractivity contribution in [1.29, 1.82) is 0 Å². The van der Waals surface area contributed by atoms with Crippen LogP contribution in [0.15, 0.2) is 72.3 Å². The van der Waals surface area contributed by atoms with Gasteiger partial charge in [-0.3, -0.25) is 4.79 Å². The van der Waals surface area contributed by atoms with Crippen molar-refractivity contribution in [3.05, 3.63) is 72.3 Å². The molecular weight excluding hydrogens is 428 g/mol. The van der Waals surface area contributed by atoms with Gasteiger partial charge in [-0.2, -0.15) is 0 Å². The Morgan fingerprint density at radius 1 is 1.00 bits per heavy atom. The van der Waals surface area contributed by atoms with Gasteiger partial charge in [-0.25, -0.2) is 0 Å². The van der Waals surface area contributed by atoms with E-state index in [4.69, 9.17) is 9.16 Å². The molecule has 0 radical (unpaired) electrons. The smallest absolute Gasteiger partial charge is 0.309 e. The molecule has 0 amide bonds. The number of hydrogen-bond donors (Lipinski definition) is 1. The topological polar surface area (TPSA) is 55.8 Å². The van der Waals surface area contributed by atoms with Crippen LogP contribution in [0.1, 0.15) is 48.0 Å². The lowest BCUT2D eigenvalue weighted by molar-refractivity contribution is -0.139. The van der Waals surface area contributed by atoms with Gasteiger partial charge in [0.25, 0.3) is 8.32 Å². The van der Waals surface area contributed by atoms with Gasteiger partial charge in [-0.05, 0) is 22.3 Å². The minimum atomic E-state index is -2.64. The van der Waals surface area contributed by atoms with E-state index in [0.29, 0.717) is 6.61 Å². The Morgan fingerprint density at radius 3 is 1.91 bits per heavy atom. The molecule has 1 N–H and O–H groups in total. The molecule has 0 spiro atoms. The lowest BCUT2D eigenvalue weighted by Crippen LogP contribution is -2.67. The van der Waals surface area contributed by atoms with Crippen LogP contribution in [-0.4, -0.2) is 39.2 Å². The van der Waals surface area contributed by atoms with E-state index in [1.165, 1.54) is 17.5 Å². The van der Waals surface area contributed by atoms with Crippen LogP contribution in [0.5, 0.6) is 0 Å². The first-order valence-electron chi connectivity index (χ1n) is 11.7. The Hall–Kier alpha value is -2.21. The van der Waals surface area contributed by atoms with Crippen molar-refractivity contribution >= 4 is 24.7 Å². The molecule has 0 fully saturated rings. The minimum absolute atomic E-state index is 0.0804. The van der Waals surface area contributed by atoms with Crippen LogP contribution >= 0.6 is 0 Å². The third kappa shape index (κ3) is 6.43. The third-order valence-corrected chi connectivity index (χ3v) is 11.6. The summed E-state index contributed by atoms with van der Waals surface area (Å²) >= 11 is 0. The number of aliphatic hydroxyl groups is 1. The summed E-state index contributed by atoms with van der Waals surface area (Å²) in [7, 11) is -1.26. The van der Waals surface area contributed by atoms with Crippen molar-refractivity contribution in [3.63, 3.8) is 0 Å². The fourth-order valence-electron chi connectivity index (χ4n) is 4.39. The third-order valence-electron chi connectivity index (χ3n) is 6.61. The summed E-state index contributed by atoms with van der Waals surface area (Å²) in [5.74, 6) is -0.449. The van der Waals surface area contributed by atoms with E-state index in [-0.39, 0.29) is 29.3 Å². The standard InChI is InChI=1S/C28H40O4Si/c1-21(18-19-26(29)31-7)23(3)27(30)22(2)20-32-33(28(4,5)6,24-14-10-8-11-15-24)25-16-12-9-13-17-25/h8-18,22-23,27,30H,19-20H2,1-7H3/b21-18+/t22-,23-,27+/m1/s1. The molecule has 5 heteroatoms. The predicted octanol–water partition coefficient (Wildman–Crippen LogP) is 4.71. The van der Waals surface area contributed by atoms with Crippen molar-refractivity contribution in [1.82, 2.24) is 0 Å². The van der Waals surface area contributed by atoms with Gasteiger partial charge in [-0.1, -0.05) is 107 Å². The number of benzene rings is 2. The molecule has 4 nitrogen and oxygen atoms in total. The molecule has 180 valence electrons. The second-order valence-corrected chi connectivity index (χ2v) is 14.3. The zero-order valence-electron chi connectivity index (χ0n) is 21.2. The zero-order chi connectivity index (χ0) is 24.6. The molecule has 3 atom stereocenters. The highest BCUT2D eigenvalue weighted by molar-refractivity contribution is 6.99. The fraction of sp³-hybridized carbons (Fsp3) is 0.464. The SMILES string of the molecule is COC(=O)C/C=C(\C)[C@@H](C)[C@@H](O)[C@H](C)CO[Si](c1ccccc1)(c1ccccc1)C(C)(C)C. The number of rotatable bonds is 10. The molecule has 0 saturated carbocycles. The highest BCUT2D eigenvalue weighted by Crippen LogP contribution is 2.37. The summed E-state index contributed by atoms with van der Waals surface area (Å²) in [6, 6.07) is 21.1. The van der Waals surface area contributed by atoms with Gasteiger partial charge < -0.3 is 14.3 Å². The van der Waals surface area contributed by atoms with Crippen molar-refractivity contribution in [2.75, 3.05) is 13.7 Å². The Bertz CT molecular complexity index is 863. The average molecular weight is 469 g/mol. The molecule has 0 bridgehead atoms. The molecule has 2 rings (SSSR count). The van der Waals surface area contributed by atoms with E-state index in [9.17, 15) is 9.90 Å². The summed E-state index contributed by atoms with van der Waals surface area (Å²) in [4.78, 5) is 11.5. The van der Waals surface area contributed by atoms with Crippen molar-refractivity contribution in [3.8, 4) is 0 Å². The second-order valence-electron chi connectivity index (χ2n) is 9.96. The number of carbonyl (C=O) groups is 1. The second kappa shape index (κ2) is 11.8. The number of esters is 1. The van der Waals surface area contributed by atoms with E-state index < -0.39 is 14.4 Å². The highest BCUT2D eigenvalue weighted by atomic mass is 28.4. The molecular formula is C28H40O4Si. The maximum atomic E-state index is 11.5. The van der Waals surface area contributed by atoms with Gasteiger partial charge in [0.15, 0.2) is 0 Å². The van der Waals surface area contributed by atoms with E-state index >= 15 is 0 Å². The van der Waals surface area contributed by atoms with Crippen LogP contribution in [0.2, 0.25) is 5.04 Å². The molecule has 2 aromatic rings. The molecule has 0 aliphatic heterocycles. The summed E-state index contributed by atoms with van der Waals surface area (Å²) < 4.78 is 11.7. The predicted molar refractivity (Wildman–Crippen MR) is 138 cm³/mol. The van der Waals surface area contributed by atoms with Crippen LogP contribution in [0.3, 0.4) is 0 Å². The summed E-state index contributed by atoms with van der Waals surface area (Å²) in [6.45, 7) is 13.2. The number of ether oxygens (including phenoxy) is 1. The monoisotopic (exact) mass is 468 g/mol. The van der Waals surface area contributed by atoms with Gasteiger partial charge >= 0.3 is 5.97 Å². The Morgan fingerprint density at radius 2 is 1.48 bits per heavy atom. The van der Waals surface area contributed by atoms with Crippen LogP contribution in [0.4, 0.5) is 0 Å². The van der Waals surface area contributed by atoms with Crippen LogP contribution in [-0.2, 0) is 14.0 Å². The number of hydrogen-bond acceptors (Lipinski definition) is 4. The molecule has 2 aromatic carbocycles. The van der Waals surface area contributed by atoms with E-state index in [1.54, 1.807) is 0 Å². The first-order chi connectivity index (χ1) is 15.5. The zero-order valence-corrected chi connectivity index (χ0v) is 22.2. The van der Waals surface area contributed by atoms with Gasteiger partial charge in [0.1, 0.15) is 0 Å². The van der Waals surface area contributed by atoms with E-state index in [2.05, 4.69) is 69.3 Å². The molecule has 0 unspecified atom stereocenters. The number of carbonyl (C=O) groups excluding carboxylic acids is 1. The molecule has 33 heavy (non-hydrogen) atoms. The first-order valence-corrected chi connectivity index (χ1v) is 13.6. The van der Waals surface area contributed by atoms with Crippen molar-refractivity contribution in [2.24, 2.45) is 11.8 Å². The summed E-state index contributed by atoms with van der Waals surface area (Å²) in [5.41, 5.74) is 0.977. The summed E-state index contributed by atoms with van der Waals surface area (Å²) in [6.07, 6.45) is 1.47. The fourth-order valence-corrected chi connectivity index (χ4v) is 9.06. The minimum Gasteiger partial charge on any atom is -0.469 e. The van der Waals surface area contributed by atoms with Crippen molar-refractivity contribution in [2.45, 2.75) is 59.1 Å². The first kappa shape index (κ1) is 27.0. The normalized spacial score (nSPS) is 15.6. The molecule has 0 heterocycles. The quantitative estimate of drug-likeness (QED) is 0.312. The average Bonchev–Trinajstić information content (AvgIpc) is 2.82. The van der Waals surface area contributed by atoms with Gasteiger partial charge in [0.05, 0.1) is 19.6 Å². The molecule has 0 aliphatic carbocycles. The van der Waals surface area contributed by atoms with Gasteiger partial charge in [0, 0.05) is 18.4 Å². The molecule has 0 aliphatic rings. The lowest BCUT2D eigenvalue weighted by atomic mass is 9.88. The summed E-state index contributed by atoms with van der Waals surface area (Å²) in [5, 5.41) is 13.4. The Kier molecular flexibility index (Phi) is 9.65. The Balaban J connectivity index is 2.32. The van der Waals surface area contributed by atoms with Gasteiger partial charge in [-0.15, -0.1) is 0 Å². The van der Waals surface area contributed by atoms with Crippen molar-refractivity contribution < 1.29 is 19.1 Å². The van der Waals surface area contributed by atoms with Gasteiger partial charge in [0.2, 0.25) is 0 Å². The number of aliphatic hydroxyl groups excluding tert-OH is 1. The Labute approximate surface area is 200 Å². The largest absolute Gasteiger partial charge is 0.469 e. The van der Waals surface area contributed by atoms with Crippen LogP contribution in [0, 0.1) is 11.8 Å². The highest BCUT2D eigenvalue weighted by Gasteiger charge is 2.50.